The first-order chi connectivity index (χ1) is 13.2. The van der Waals surface area contributed by atoms with Gasteiger partial charge in [0.2, 0.25) is 0 Å². The summed E-state index contributed by atoms with van der Waals surface area (Å²) in [6, 6.07) is -1.01. The molecule has 0 fully saturated rings. The number of ketones is 1. The van der Waals surface area contributed by atoms with E-state index in [-0.39, 0.29) is 41.1 Å². The Balaban J connectivity index is 2.64. The number of hydrogen-bond donors (Lipinski definition) is 3. The van der Waals surface area contributed by atoms with Gasteiger partial charge in [0.1, 0.15) is 17.4 Å². The fourth-order valence-electron chi connectivity index (χ4n) is 3.21. The third kappa shape index (κ3) is 8.66. The SMILES string of the molecule is CC(=N[C@@H](CCCCNC(=O)OC(C)(C)C)C(=O)O)C1=C(O)CC(C)(C)CC1=O. The van der Waals surface area contributed by atoms with Crippen LogP contribution in [0.3, 0.4) is 0 Å². The molecule has 0 aliphatic heterocycles. The molecule has 1 rings (SSSR count). The smallest absolute Gasteiger partial charge is 0.407 e. The Morgan fingerprint density at radius 2 is 1.86 bits per heavy atom. The number of Topliss-reactive ketones (excluding diaryl/α,β-unsaturated/α-hetero) is 1. The van der Waals surface area contributed by atoms with Crippen LogP contribution in [0.2, 0.25) is 0 Å². The molecule has 164 valence electrons. The van der Waals surface area contributed by atoms with Crippen molar-refractivity contribution in [1.29, 1.82) is 0 Å². The summed E-state index contributed by atoms with van der Waals surface area (Å²) in [6.07, 6.45) is 1.48. The van der Waals surface area contributed by atoms with Crippen LogP contribution in [-0.4, -0.2) is 52.0 Å². The number of ether oxygens (including phenoxy) is 1. The molecule has 0 spiro atoms. The van der Waals surface area contributed by atoms with E-state index < -0.39 is 23.7 Å². The van der Waals surface area contributed by atoms with Crippen molar-refractivity contribution in [3.8, 4) is 0 Å². The molecule has 0 aromatic heterocycles. The molecule has 0 unspecified atom stereocenters. The van der Waals surface area contributed by atoms with Crippen molar-refractivity contribution >= 4 is 23.6 Å². The molecule has 29 heavy (non-hydrogen) atoms. The van der Waals surface area contributed by atoms with Gasteiger partial charge in [-0.05, 0) is 52.4 Å². The number of aliphatic hydroxyl groups excluding tert-OH is 1. The number of alkyl carbamates (subject to hydrolysis) is 1. The summed E-state index contributed by atoms with van der Waals surface area (Å²) >= 11 is 0. The highest BCUT2D eigenvalue weighted by molar-refractivity contribution is 6.22. The third-order valence-corrected chi connectivity index (χ3v) is 4.42. The number of carboxylic acid groups (broad SMARTS) is 1. The highest BCUT2D eigenvalue weighted by Crippen LogP contribution is 2.36. The average molecular weight is 411 g/mol. The first kappa shape index (κ1) is 24.7. The maximum atomic E-state index is 12.4. The van der Waals surface area contributed by atoms with E-state index in [9.17, 15) is 24.6 Å². The van der Waals surface area contributed by atoms with Gasteiger partial charge in [-0.15, -0.1) is 0 Å². The Labute approximate surface area is 172 Å². The minimum absolute atomic E-state index is 0.0294. The van der Waals surface area contributed by atoms with E-state index >= 15 is 0 Å². The summed E-state index contributed by atoms with van der Waals surface area (Å²) in [4.78, 5) is 39.7. The van der Waals surface area contributed by atoms with E-state index in [1.807, 2.05) is 13.8 Å². The number of aliphatic hydroxyl groups is 1. The van der Waals surface area contributed by atoms with E-state index in [4.69, 9.17) is 4.74 Å². The van der Waals surface area contributed by atoms with Gasteiger partial charge in [0.05, 0.1) is 5.57 Å². The van der Waals surface area contributed by atoms with Gasteiger partial charge in [-0.25, -0.2) is 9.59 Å². The topological polar surface area (TPSA) is 125 Å². The molecule has 0 saturated heterocycles. The molecule has 8 nitrogen and oxygen atoms in total. The maximum absolute atomic E-state index is 12.4. The molecule has 0 bridgehead atoms. The van der Waals surface area contributed by atoms with Gasteiger partial charge in [-0.3, -0.25) is 9.79 Å². The van der Waals surface area contributed by atoms with Crippen LogP contribution in [0.5, 0.6) is 0 Å². The molecule has 0 heterocycles. The van der Waals surface area contributed by atoms with E-state index in [0.29, 0.717) is 25.8 Å². The molecule has 3 N–H and O–H groups in total. The van der Waals surface area contributed by atoms with Gasteiger partial charge in [0.25, 0.3) is 0 Å². The Morgan fingerprint density at radius 1 is 1.24 bits per heavy atom. The van der Waals surface area contributed by atoms with Crippen LogP contribution in [0.4, 0.5) is 4.79 Å². The number of rotatable bonds is 8. The van der Waals surface area contributed by atoms with E-state index in [2.05, 4.69) is 10.3 Å². The molecule has 1 amide bonds. The second-order valence-electron chi connectivity index (χ2n) is 9.26. The highest BCUT2D eigenvalue weighted by atomic mass is 16.6. The number of allylic oxidation sites excluding steroid dienone is 2. The van der Waals surface area contributed by atoms with Gasteiger partial charge in [0, 0.05) is 25.1 Å². The van der Waals surface area contributed by atoms with Crippen molar-refractivity contribution in [1.82, 2.24) is 5.32 Å². The number of carbonyl (C=O) groups excluding carboxylic acids is 2. The fourth-order valence-corrected chi connectivity index (χ4v) is 3.21. The third-order valence-electron chi connectivity index (χ3n) is 4.42. The lowest BCUT2D eigenvalue weighted by molar-refractivity contribution is -0.138. The summed E-state index contributed by atoms with van der Waals surface area (Å²) in [6.45, 7) is 11.0. The predicted octanol–water partition coefficient (Wildman–Crippen LogP) is 3.80. The van der Waals surface area contributed by atoms with Crippen LogP contribution in [-0.2, 0) is 14.3 Å². The van der Waals surface area contributed by atoms with Crippen molar-refractivity contribution in [3.05, 3.63) is 11.3 Å². The van der Waals surface area contributed by atoms with Crippen LogP contribution in [0.1, 0.15) is 73.6 Å². The molecule has 0 aromatic carbocycles. The number of aliphatic carboxylic acids is 1. The van der Waals surface area contributed by atoms with Crippen LogP contribution in [0, 0.1) is 5.41 Å². The first-order valence-electron chi connectivity index (χ1n) is 9.91. The second kappa shape index (κ2) is 9.89. The average Bonchev–Trinajstić information content (AvgIpc) is 2.49. The maximum Gasteiger partial charge on any atom is 0.407 e. The van der Waals surface area contributed by atoms with Gasteiger partial charge < -0.3 is 20.3 Å². The van der Waals surface area contributed by atoms with Crippen LogP contribution >= 0.6 is 0 Å². The van der Waals surface area contributed by atoms with Gasteiger partial charge >= 0.3 is 12.1 Å². The molecule has 0 radical (unpaired) electrons. The number of nitrogens with one attached hydrogen (secondary N) is 1. The number of carbonyl (C=O) groups is 3. The number of carboxylic acids is 1. The van der Waals surface area contributed by atoms with Crippen LogP contribution in [0.15, 0.2) is 16.3 Å². The first-order valence-corrected chi connectivity index (χ1v) is 9.91. The summed E-state index contributed by atoms with van der Waals surface area (Å²) < 4.78 is 5.13. The second-order valence-corrected chi connectivity index (χ2v) is 9.26. The highest BCUT2D eigenvalue weighted by Gasteiger charge is 2.34. The predicted molar refractivity (Wildman–Crippen MR) is 110 cm³/mol. The van der Waals surface area contributed by atoms with Gasteiger partial charge in [-0.2, -0.15) is 0 Å². The Bertz CT molecular complexity index is 700. The van der Waals surface area contributed by atoms with E-state index in [1.54, 1.807) is 27.7 Å². The standard InChI is InChI=1S/C21H34N2O6/c1-13(17-15(24)11-21(5,6)12-16(17)25)23-14(18(26)27)9-7-8-10-22-19(28)29-20(2,3)4/h14,24H,7-12H2,1-6H3,(H,22,28)(H,26,27)/t14-/m0/s1. The molecule has 1 aliphatic carbocycles. The monoisotopic (exact) mass is 410 g/mol. The zero-order valence-electron chi connectivity index (χ0n) is 18.3. The molecule has 0 aromatic rings. The van der Waals surface area contributed by atoms with Gasteiger partial charge in [0.15, 0.2) is 5.78 Å². The number of nitrogens with zero attached hydrogens (tertiary/aromatic N) is 1. The molecular weight excluding hydrogens is 376 g/mol. The number of hydrogen-bond acceptors (Lipinski definition) is 6. The summed E-state index contributed by atoms with van der Waals surface area (Å²) in [5.74, 6) is -1.34. The van der Waals surface area contributed by atoms with E-state index in [1.165, 1.54) is 0 Å². The minimum atomic E-state index is -1.09. The number of unbranched alkanes of at least 4 members (excludes halogenated alkanes) is 1. The van der Waals surface area contributed by atoms with E-state index in [0.717, 1.165) is 0 Å². The van der Waals surface area contributed by atoms with Crippen molar-refractivity contribution in [2.24, 2.45) is 10.4 Å². The number of aliphatic imine (C=N–C) groups is 1. The normalized spacial score (nSPS) is 18.4. The summed E-state index contributed by atoms with van der Waals surface area (Å²) in [7, 11) is 0. The van der Waals surface area contributed by atoms with Crippen LogP contribution < -0.4 is 5.32 Å². The lowest BCUT2D eigenvalue weighted by atomic mass is 9.75. The molecule has 1 atom stereocenters. The fraction of sp³-hybridized carbons (Fsp3) is 0.714. The number of amides is 1. The molecule has 1 aliphatic rings. The van der Waals surface area contributed by atoms with Crippen molar-refractivity contribution in [3.63, 3.8) is 0 Å². The lowest BCUT2D eigenvalue weighted by Crippen LogP contribution is -2.33. The quantitative estimate of drug-likeness (QED) is 0.413. The Kier molecular flexibility index (Phi) is 8.41. The zero-order chi connectivity index (χ0) is 22.4. The molecule has 0 saturated carbocycles. The summed E-state index contributed by atoms with van der Waals surface area (Å²) in [5.41, 5.74) is -0.501. The van der Waals surface area contributed by atoms with Crippen molar-refractivity contribution < 1.29 is 29.3 Å². The van der Waals surface area contributed by atoms with Gasteiger partial charge in [-0.1, -0.05) is 13.8 Å². The minimum Gasteiger partial charge on any atom is -0.511 e. The Hall–Kier alpha value is -2.38. The van der Waals surface area contributed by atoms with Crippen LogP contribution in [0.25, 0.3) is 0 Å². The summed E-state index contributed by atoms with van der Waals surface area (Å²) in [5, 5.41) is 22.3. The van der Waals surface area contributed by atoms with Crippen molar-refractivity contribution in [2.45, 2.75) is 85.3 Å². The Morgan fingerprint density at radius 3 is 2.38 bits per heavy atom. The lowest BCUT2D eigenvalue weighted by Gasteiger charge is -2.29. The largest absolute Gasteiger partial charge is 0.511 e. The zero-order valence-corrected chi connectivity index (χ0v) is 18.3. The molecule has 8 heteroatoms. The van der Waals surface area contributed by atoms with Crippen molar-refractivity contribution in [2.75, 3.05) is 6.54 Å². The molecular formula is C21H34N2O6.